The van der Waals surface area contributed by atoms with Crippen molar-refractivity contribution in [2.24, 2.45) is 5.92 Å². The Hall–Kier alpha value is -1.39. The Kier molecular flexibility index (Phi) is 2.79. The van der Waals surface area contributed by atoms with Crippen molar-refractivity contribution in [1.29, 1.82) is 10.5 Å². The van der Waals surface area contributed by atoms with Crippen LogP contribution in [-0.4, -0.2) is 18.5 Å². The van der Waals surface area contributed by atoms with Crippen LogP contribution in [0.5, 0.6) is 0 Å². The minimum atomic E-state index is -1.16. The Morgan fingerprint density at radius 3 is 2.58 bits per heavy atom. The van der Waals surface area contributed by atoms with Crippen LogP contribution in [0.2, 0.25) is 0 Å². The summed E-state index contributed by atoms with van der Waals surface area (Å²) in [5.74, 6) is -1.55. The normalized spacial score (nSPS) is 21.8. The molecule has 0 aliphatic carbocycles. The van der Waals surface area contributed by atoms with Gasteiger partial charge in [-0.05, 0) is 12.8 Å². The van der Waals surface area contributed by atoms with E-state index in [-0.39, 0.29) is 0 Å². The monoisotopic (exact) mass is 164 g/mol. The lowest BCUT2D eigenvalue weighted by molar-refractivity contribution is -0.128. The highest BCUT2D eigenvalue weighted by Gasteiger charge is 2.29. The maximum atomic E-state index is 11.2. The van der Waals surface area contributed by atoms with Crippen molar-refractivity contribution < 1.29 is 9.53 Å². The number of rotatable bonds is 2. The average Bonchev–Trinajstić information content (AvgIpc) is 2.58. The van der Waals surface area contributed by atoms with Crippen molar-refractivity contribution in [1.82, 2.24) is 0 Å². The molecule has 4 nitrogen and oxygen atoms in total. The first-order chi connectivity index (χ1) is 5.79. The number of nitriles is 2. The third-order valence-corrected chi connectivity index (χ3v) is 1.79. The molecule has 0 amide bonds. The Balaban J connectivity index is 2.58. The van der Waals surface area contributed by atoms with Gasteiger partial charge in [0, 0.05) is 6.61 Å². The molecule has 1 saturated heterocycles. The van der Waals surface area contributed by atoms with Gasteiger partial charge in [0.25, 0.3) is 0 Å². The fourth-order valence-electron chi connectivity index (χ4n) is 1.14. The predicted molar refractivity (Wildman–Crippen MR) is 38.7 cm³/mol. The molecule has 1 aliphatic heterocycles. The minimum absolute atomic E-state index is 0.391. The quantitative estimate of drug-likeness (QED) is 0.592. The third-order valence-electron chi connectivity index (χ3n) is 1.79. The summed E-state index contributed by atoms with van der Waals surface area (Å²) in [6, 6.07) is 3.28. The van der Waals surface area contributed by atoms with E-state index in [0.29, 0.717) is 13.0 Å². The Bertz CT molecular complexity index is 241. The molecule has 0 aromatic heterocycles. The summed E-state index contributed by atoms with van der Waals surface area (Å²) in [4.78, 5) is 11.2. The second-order valence-electron chi connectivity index (χ2n) is 2.60. The van der Waals surface area contributed by atoms with E-state index in [1.807, 2.05) is 0 Å². The highest BCUT2D eigenvalue weighted by Crippen LogP contribution is 2.16. The third kappa shape index (κ3) is 1.61. The highest BCUT2D eigenvalue weighted by molar-refractivity contribution is 5.89. The summed E-state index contributed by atoms with van der Waals surface area (Å²) in [5.41, 5.74) is 0. The lowest BCUT2D eigenvalue weighted by Crippen LogP contribution is -2.25. The van der Waals surface area contributed by atoms with Gasteiger partial charge >= 0.3 is 0 Å². The average molecular weight is 164 g/mol. The smallest absolute Gasteiger partial charge is 0.193 e. The largest absolute Gasteiger partial charge is 0.370 e. The molecule has 1 aliphatic rings. The van der Waals surface area contributed by atoms with Gasteiger partial charge in [0.05, 0.1) is 12.1 Å². The van der Waals surface area contributed by atoms with Crippen LogP contribution in [0.25, 0.3) is 0 Å². The van der Waals surface area contributed by atoms with Crippen LogP contribution in [0.1, 0.15) is 12.8 Å². The van der Waals surface area contributed by atoms with Gasteiger partial charge in [0.2, 0.25) is 0 Å². The lowest BCUT2D eigenvalue weighted by Gasteiger charge is -2.06. The van der Waals surface area contributed by atoms with E-state index in [1.165, 1.54) is 0 Å². The predicted octanol–water partition coefficient (Wildman–Crippen LogP) is 0.398. The Morgan fingerprint density at radius 2 is 2.17 bits per heavy atom. The molecular weight excluding hydrogens is 156 g/mol. The van der Waals surface area contributed by atoms with Gasteiger partial charge in [-0.15, -0.1) is 0 Å². The molecule has 1 atom stereocenters. The van der Waals surface area contributed by atoms with E-state index >= 15 is 0 Å². The standard InChI is InChI=1S/C8H8N2O2/c9-4-6(5-10)8(11)7-2-1-3-12-7/h6-7H,1-3H2. The van der Waals surface area contributed by atoms with Gasteiger partial charge < -0.3 is 4.74 Å². The molecule has 62 valence electrons. The molecule has 0 aromatic carbocycles. The molecular formula is C8H8N2O2. The number of hydrogen-bond donors (Lipinski definition) is 0. The number of nitrogens with zero attached hydrogens (tertiary/aromatic N) is 2. The number of ketones is 1. The zero-order chi connectivity index (χ0) is 8.97. The zero-order valence-corrected chi connectivity index (χ0v) is 6.49. The summed E-state index contributed by atoms with van der Waals surface area (Å²) in [6.07, 6.45) is 0.952. The van der Waals surface area contributed by atoms with Crippen molar-refractivity contribution >= 4 is 5.78 Å². The van der Waals surface area contributed by atoms with Gasteiger partial charge in [-0.25, -0.2) is 0 Å². The molecule has 1 unspecified atom stereocenters. The summed E-state index contributed by atoms with van der Waals surface area (Å²) in [6.45, 7) is 0.556. The zero-order valence-electron chi connectivity index (χ0n) is 6.49. The van der Waals surface area contributed by atoms with E-state index in [1.54, 1.807) is 12.1 Å². The molecule has 0 spiro atoms. The molecule has 0 saturated carbocycles. The maximum absolute atomic E-state index is 11.2. The molecule has 1 rings (SSSR count). The summed E-state index contributed by atoms with van der Waals surface area (Å²) in [5, 5.41) is 16.8. The molecule has 0 aromatic rings. The van der Waals surface area contributed by atoms with Crippen molar-refractivity contribution in [2.45, 2.75) is 18.9 Å². The first-order valence-corrected chi connectivity index (χ1v) is 3.74. The second-order valence-corrected chi connectivity index (χ2v) is 2.60. The molecule has 1 fully saturated rings. The number of hydrogen-bond acceptors (Lipinski definition) is 4. The van der Waals surface area contributed by atoms with Crippen LogP contribution in [0.4, 0.5) is 0 Å². The number of carbonyl (C=O) groups excluding carboxylic acids is 1. The van der Waals surface area contributed by atoms with Crippen LogP contribution >= 0.6 is 0 Å². The Morgan fingerprint density at radius 1 is 1.50 bits per heavy atom. The first-order valence-electron chi connectivity index (χ1n) is 3.74. The second kappa shape index (κ2) is 3.85. The first kappa shape index (κ1) is 8.70. The minimum Gasteiger partial charge on any atom is -0.370 e. The van der Waals surface area contributed by atoms with Crippen LogP contribution in [0, 0.1) is 28.6 Å². The molecule has 4 heteroatoms. The number of carbonyl (C=O) groups is 1. The van der Waals surface area contributed by atoms with Gasteiger partial charge in [-0.3, -0.25) is 4.79 Å². The SMILES string of the molecule is N#CC(C#N)C(=O)C1CCCO1. The lowest BCUT2D eigenvalue weighted by atomic mass is 10.0. The van der Waals surface area contributed by atoms with Crippen molar-refractivity contribution in [3.8, 4) is 12.1 Å². The van der Waals surface area contributed by atoms with E-state index in [9.17, 15) is 4.79 Å². The molecule has 0 bridgehead atoms. The van der Waals surface area contributed by atoms with Crippen molar-refractivity contribution in [3.63, 3.8) is 0 Å². The van der Waals surface area contributed by atoms with E-state index in [4.69, 9.17) is 15.3 Å². The molecule has 1 heterocycles. The van der Waals surface area contributed by atoms with E-state index in [0.717, 1.165) is 6.42 Å². The summed E-state index contributed by atoms with van der Waals surface area (Å²) in [7, 11) is 0. The fraction of sp³-hybridized carbons (Fsp3) is 0.625. The molecule has 0 radical (unpaired) electrons. The molecule has 0 N–H and O–H groups in total. The van der Waals surface area contributed by atoms with Gasteiger partial charge in [0.15, 0.2) is 11.7 Å². The van der Waals surface area contributed by atoms with Crippen LogP contribution < -0.4 is 0 Å². The van der Waals surface area contributed by atoms with Gasteiger partial charge in [-0.2, -0.15) is 10.5 Å². The highest BCUT2D eigenvalue weighted by atomic mass is 16.5. The van der Waals surface area contributed by atoms with Gasteiger partial charge in [-0.1, -0.05) is 0 Å². The summed E-state index contributed by atoms with van der Waals surface area (Å²) < 4.78 is 5.05. The number of Topliss-reactive ketones (excluding diaryl/α,β-unsaturated/α-hetero) is 1. The number of ether oxygens (including phenoxy) is 1. The topological polar surface area (TPSA) is 73.9 Å². The van der Waals surface area contributed by atoms with Crippen LogP contribution in [0.15, 0.2) is 0 Å². The fourth-order valence-corrected chi connectivity index (χ4v) is 1.14. The van der Waals surface area contributed by atoms with Crippen molar-refractivity contribution in [2.75, 3.05) is 6.61 Å². The van der Waals surface area contributed by atoms with Crippen LogP contribution in [-0.2, 0) is 9.53 Å². The van der Waals surface area contributed by atoms with E-state index in [2.05, 4.69) is 0 Å². The van der Waals surface area contributed by atoms with Gasteiger partial charge in [0.1, 0.15) is 6.10 Å². The van der Waals surface area contributed by atoms with Crippen molar-refractivity contribution in [3.05, 3.63) is 0 Å². The van der Waals surface area contributed by atoms with E-state index < -0.39 is 17.8 Å². The van der Waals surface area contributed by atoms with Crippen LogP contribution in [0.3, 0.4) is 0 Å². The Labute approximate surface area is 70.3 Å². The maximum Gasteiger partial charge on any atom is 0.193 e. The summed E-state index contributed by atoms with van der Waals surface area (Å²) >= 11 is 0. The molecule has 12 heavy (non-hydrogen) atoms.